The molecule has 1 fully saturated rings. The Morgan fingerprint density at radius 3 is 2.67 bits per heavy atom. The van der Waals surface area contributed by atoms with Gasteiger partial charge in [-0.15, -0.1) is 0 Å². The maximum absolute atomic E-state index is 12.1. The van der Waals surface area contributed by atoms with Crippen LogP contribution in [0.3, 0.4) is 0 Å². The predicted molar refractivity (Wildman–Crippen MR) is 65.1 cm³/mol. The molecule has 1 aromatic heterocycles. The Bertz CT molecular complexity index is 538. The zero-order chi connectivity index (χ0) is 13.1. The molecule has 2 rings (SSSR count). The second-order valence-electron chi connectivity index (χ2n) is 4.37. The summed E-state index contributed by atoms with van der Waals surface area (Å²) in [6.45, 7) is 6.88. The van der Waals surface area contributed by atoms with Crippen LogP contribution in [0.5, 0.6) is 0 Å². The quantitative estimate of drug-likeness (QED) is 0.738. The highest BCUT2D eigenvalue weighted by Crippen LogP contribution is 2.05. The van der Waals surface area contributed by atoms with Crippen molar-refractivity contribution in [2.75, 3.05) is 26.3 Å². The summed E-state index contributed by atoms with van der Waals surface area (Å²) >= 11 is 0. The van der Waals surface area contributed by atoms with Crippen LogP contribution >= 0.6 is 0 Å². The van der Waals surface area contributed by atoms with Gasteiger partial charge in [-0.2, -0.15) is 10.4 Å². The second kappa shape index (κ2) is 5.29. The van der Waals surface area contributed by atoms with E-state index in [1.165, 1.54) is 4.68 Å². The molecule has 1 saturated heterocycles. The fourth-order valence-electron chi connectivity index (χ4n) is 1.93. The topological polar surface area (TPSA) is 71.2 Å². The minimum atomic E-state index is -0.313. The van der Waals surface area contributed by atoms with Gasteiger partial charge >= 0.3 is 0 Å². The molecule has 1 aromatic rings. The zero-order valence-corrected chi connectivity index (χ0v) is 10.6. The third-order valence-electron chi connectivity index (χ3n) is 3.19. The Labute approximate surface area is 105 Å². The first kappa shape index (κ1) is 12.7. The Morgan fingerprint density at radius 2 is 2.06 bits per heavy atom. The molecular weight excluding hydrogens is 232 g/mol. The minimum Gasteiger partial charge on any atom is -0.379 e. The van der Waals surface area contributed by atoms with Crippen LogP contribution in [0.1, 0.15) is 16.8 Å². The summed E-state index contributed by atoms with van der Waals surface area (Å²) in [5.74, 6) is 0. The number of hydrogen-bond acceptors (Lipinski definition) is 5. The summed E-state index contributed by atoms with van der Waals surface area (Å²) in [6, 6.07) is 1.97. The molecule has 1 aliphatic rings. The van der Waals surface area contributed by atoms with E-state index in [0.29, 0.717) is 25.4 Å². The Kier molecular flexibility index (Phi) is 3.75. The molecule has 0 bridgehead atoms. The predicted octanol–water partition coefficient (Wildman–Crippen LogP) is 0.0215. The SMILES string of the molecule is Cc1nn(CN2CCOCC2)c(=O)c(C#N)c1C. The molecule has 0 saturated carbocycles. The largest absolute Gasteiger partial charge is 0.379 e. The van der Waals surface area contributed by atoms with Crippen LogP contribution in [0.2, 0.25) is 0 Å². The molecule has 0 radical (unpaired) electrons. The number of rotatable bonds is 2. The summed E-state index contributed by atoms with van der Waals surface area (Å²) in [7, 11) is 0. The van der Waals surface area contributed by atoms with Gasteiger partial charge in [0.05, 0.1) is 25.6 Å². The Morgan fingerprint density at radius 1 is 1.39 bits per heavy atom. The fraction of sp³-hybridized carbons (Fsp3) is 0.583. The molecule has 6 nitrogen and oxygen atoms in total. The highest BCUT2D eigenvalue weighted by molar-refractivity contribution is 5.36. The van der Waals surface area contributed by atoms with Crippen molar-refractivity contribution in [2.45, 2.75) is 20.5 Å². The van der Waals surface area contributed by atoms with Crippen molar-refractivity contribution in [3.8, 4) is 6.07 Å². The van der Waals surface area contributed by atoms with E-state index < -0.39 is 0 Å². The normalized spacial score (nSPS) is 16.5. The third kappa shape index (κ3) is 2.42. The molecule has 2 heterocycles. The lowest BCUT2D eigenvalue weighted by Gasteiger charge is -2.26. The molecule has 0 amide bonds. The first-order valence-electron chi connectivity index (χ1n) is 5.92. The van der Waals surface area contributed by atoms with Gasteiger partial charge in [0.1, 0.15) is 11.6 Å². The van der Waals surface area contributed by atoms with Crippen molar-refractivity contribution in [1.29, 1.82) is 5.26 Å². The summed E-state index contributed by atoms with van der Waals surface area (Å²) in [6.07, 6.45) is 0. The molecule has 18 heavy (non-hydrogen) atoms. The van der Waals surface area contributed by atoms with E-state index in [-0.39, 0.29) is 11.1 Å². The first-order chi connectivity index (χ1) is 8.63. The molecule has 0 aromatic carbocycles. The molecule has 1 aliphatic heterocycles. The van der Waals surface area contributed by atoms with Crippen molar-refractivity contribution < 1.29 is 4.74 Å². The molecule has 0 atom stereocenters. The van der Waals surface area contributed by atoms with Gasteiger partial charge < -0.3 is 4.74 Å². The summed E-state index contributed by atoms with van der Waals surface area (Å²) < 4.78 is 6.62. The summed E-state index contributed by atoms with van der Waals surface area (Å²) in [5.41, 5.74) is 1.27. The van der Waals surface area contributed by atoms with Crippen LogP contribution in [0.4, 0.5) is 0 Å². The van der Waals surface area contributed by atoms with Crippen molar-refractivity contribution in [2.24, 2.45) is 0 Å². The average molecular weight is 248 g/mol. The van der Waals surface area contributed by atoms with E-state index >= 15 is 0 Å². The number of nitrogens with zero attached hydrogens (tertiary/aromatic N) is 4. The van der Waals surface area contributed by atoms with Gasteiger partial charge in [0.15, 0.2) is 0 Å². The minimum absolute atomic E-state index is 0.191. The second-order valence-corrected chi connectivity index (χ2v) is 4.37. The van der Waals surface area contributed by atoms with Crippen LogP contribution in [0, 0.1) is 25.2 Å². The highest BCUT2D eigenvalue weighted by Gasteiger charge is 2.15. The number of aromatic nitrogens is 2. The van der Waals surface area contributed by atoms with Crippen LogP contribution in [-0.2, 0) is 11.4 Å². The van der Waals surface area contributed by atoms with Gasteiger partial charge in [0.2, 0.25) is 0 Å². The summed E-state index contributed by atoms with van der Waals surface area (Å²) in [5, 5.41) is 13.3. The summed E-state index contributed by atoms with van der Waals surface area (Å²) in [4.78, 5) is 14.2. The standard InChI is InChI=1S/C12H16N4O2/c1-9-10(2)14-16(12(17)11(9)7-13)8-15-3-5-18-6-4-15/h3-6,8H2,1-2H3. The number of morpholine rings is 1. The lowest BCUT2D eigenvalue weighted by molar-refractivity contribution is 0.0203. The van der Waals surface area contributed by atoms with Crippen molar-refractivity contribution in [1.82, 2.24) is 14.7 Å². The van der Waals surface area contributed by atoms with E-state index in [2.05, 4.69) is 10.00 Å². The monoisotopic (exact) mass is 248 g/mol. The van der Waals surface area contributed by atoms with Gasteiger partial charge in [-0.05, 0) is 19.4 Å². The molecule has 0 spiro atoms. The first-order valence-corrected chi connectivity index (χ1v) is 5.92. The lowest BCUT2D eigenvalue weighted by Crippen LogP contribution is -2.41. The van der Waals surface area contributed by atoms with E-state index in [4.69, 9.17) is 10.00 Å². The Hall–Kier alpha value is -1.71. The van der Waals surface area contributed by atoms with Gasteiger partial charge in [-0.1, -0.05) is 0 Å². The van der Waals surface area contributed by atoms with Gasteiger partial charge in [-0.3, -0.25) is 9.69 Å². The third-order valence-corrected chi connectivity index (χ3v) is 3.19. The highest BCUT2D eigenvalue weighted by atomic mass is 16.5. The van der Waals surface area contributed by atoms with Crippen LogP contribution < -0.4 is 5.56 Å². The number of ether oxygens (including phenoxy) is 1. The molecule has 0 unspecified atom stereocenters. The zero-order valence-electron chi connectivity index (χ0n) is 10.6. The average Bonchev–Trinajstić information content (AvgIpc) is 2.38. The van der Waals surface area contributed by atoms with E-state index in [0.717, 1.165) is 18.8 Å². The fourth-order valence-corrected chi connectivity index (χ4v) is 1.93. The maximum atomic E-state index is 12.1. The number of hydrogen-bond donors (Lipinski definition) is 0. The van der Waals surface area contributed by atoms with Gasteiger partial charge in [-0.25, -0.2) is 4.68 Å². The molecule has 0 aliphatic carbocycles. The molecule has 6 heteroatoms. The smallest absolute Gasteiger partial charge is 0.286 e. The molecular formula is C12H16N4O2. The van der Waals surface area contributed by atoms with Gasteiger partial charge in [0.25, 0.3) is 5.56 Å². The van der Waals surface area contributed by atoms with Crippen molar-refractivity contribution in [3.05, 3.63) is 27.2 Å². The van der Waals surface area contributed by atoms with Crippen LogP contribution in [0.15, 0.2) is 4.79 Å². The van der Waals surface area contributed by atoms with Crippen LogP contribution in [0.25, 0.3) is 0 Å². The lowest BCUT2D eigenvalue weighted by atomic mass is 10.1. The van der Waals surface area contributed by atoms with Gasteiger partial charge in [0, 0.05) is 13.1 Å². The van der Waals surface area contributed by atoms with E-state index in [1.54, 1.807) is 6.92 Å². The van der Waals surface area contributed by atoms with Crippen LogP contribution in [-0.4, -0.2) is 41.0 Å². The maximum Gasteiger partial charge on any atom is 0.286 e. The van der Waals surface area contributed by atoms with E-state index in [1.807, 2.05) is 13.0 Å². The Balaban J connectivity index is 2.31. The number of nitriles is 1. The van der Waals surface area contributed by atoms with Crippen molar-refractivity contribution >= 4 is 0 Å². The molecule has 0 N–H and O–H groups in total. The van der Waals surface area contributed by atoms with E-state index in [9.17, 15) is 4.79 Å². The molecule has 96 valence electrons. The van der Waals surface area contributed by atoms with Crippen molar-refractivity contribution in [3.63, 3.8) is 0 Å². The number of aryl methyl sites for hydroxylation is 1.